The molecule has 7 aromatic rings. The van der Waals surface area contributed by atoms with Crippen molar-refractivity contribution in [2.45, 2.75) is 37.6 Å². The number of allylic oxidation sites excluding steroid dienone is 9. The van der Waals surface area contributed by atoms with Crippen LogP contribution in [0.25, 0.3) is 50.3 Å². The molecule has 3 heterocycles. The Kier molecular flexibility index (Phi) is 8.31. The number of nitrogens with one attached hydrogen (secondary N) is 1. The van der Waals surface area contributed by atoms with Gasteiger partial charge in [0, 0.05) is 63.7 Å². The van der Waals surface area contributed by atoms with Crippen molar-refractivity contribution >= 4 is 62.4 Å². The van der Waals surface area contributed by atoms with E-state index in [1.54, 1.807) is 6.34 Å². The molecule has 2 fully saturated rings. The zero-order valence-corrected chi connectivity index (χ0v) is 35.1. The Balaban J connectivity index is 0.000000129. The van der Waals surface area contributed by atoms with Crippen LogP contribution in [-0.4, -0.2) is 16.6 Å². The van der Waals surface area contributed by atoms with E-state index in [-0.39, 0.29) is 5.54 Å². The minimum Gasteiger partial charge on any atom is -0.355 e. The van der Waals surface area contributed by atoms with Gasteiger partial charge in [-0.15, -0.1) is 0 Å². The van der Waals surface area contributed by atoms with Crippen molar-refractivity contribution in [3.05, 3.63) is 220 Å². The summed E-state index contributed by atoms with van der Waals surface area (Å²) < 4.78 is 2.71. The van der Waals surface area contributed by atoms with E-state index in [9.17, 15) is 0 Å². The Bertz CT molecular complexity index is 3420. The number of para-hydroxylation sites is 2. The topological polar surface area (TPSA) is 41.7 Å². The first kappa shape index (κ1) is 36.4. The normalized spacial score (nSPS) is 22.8. The van der Waals surface area contributed by atoms with Crippen LogP contribution in [0.15, 0.2) is 198 Å². The van der Waals surface area contributed by atoms with E-state index in [2.05, 4.69) is 203 Å². The summed E-state index contributed by atoms with van der Waals surface area (Å²) in [5.41, 5.74) is 16.5. The fourth-order valence-electron chi connectivity index (χ4n) is 11.1. The van der Waals surface area contributed by atoms with Gasteiger partial charge in [-0.25, -0.2) is 9.98 Å². The maximum Gasteiger partial charge on any atom is 0.115 e. The van der Waals surface area contributed by atoms with Gasteiger partial charge in [0.15, 0.2) is 0 Å². The van der Waals surface area contributed by atoms with Crippen LogP contribution < -0.4 is 15.8 Å². The Morgan fingerprint density at radius 1 is 0.698 bits per heavy atom. The van der Waals surface area contributed by atoms with Gasteiger partial charge in [0.1, 0.15) is 6.34 Å². The summed E-state index contributed by atoms with van der Waals surface area (Å²) in [5, 5.41) is 10.4. The van der Waals surface area contributed by atoms with Crippen molar-refractivity contribution in [2.75, 3.05) is 5.32 Å². The van der Waals surface area contributed by atoms with Gasteiger partial charge in [-0.2, -0.15) is 0 Å². The molecule has 0 spiro atoms. The molecule has 6 aromatic carbocycles. The number of aromatic nitrogens is 1. The number of hydrogen-bond donors (Lipinski definition) is 1. The molecule has 4 nitrogen and oxygen atoms in total. The molecular weight excluding hydrogens is 765 g/mol. The highest BCUT2D eigenvalue weighted by atomic mass is 15.1. The lowest BCUT2D eigenvalue weighted by Crippen LogP contribution is -2.25. The van der Waals surface area contributed by atoms with Gasteiger partial charge < -0.3 is 9.88 Å². The SMILES string of the molecule is C1=CC(c2ccc(C3=C4C=CC5CC5C(=NC=N3)C4)cc2)=c2ccccc2=CC1.C1=CC2CC2(n2c3c(c4ccc5ccccc5c42)Cc2ccccc2Nc2ccccc2-3)C=C1. The van der Waals surface area contributed by atoms with Crippen molar-refractivity contribution < 1.29 is 0 Å². The molecule has 63 heavy (non-hydrogen) atoms. The van der Waals surface area contributed by atoms with Crippen molar-refractivity contribution in [1.82, 2.24) is 4.57 Å². The largest absolute Gasteiger partial charge is 0.355 e. The zero-order chi connectivity index (χ0) is 41.5. The van der Waals surface area contributed by atoms with Gasteiger partial charge >= 0.3 is 0 Å². The summed E-state index contributed by atoms with van der Waals surface area (Å²) in [6, 6.07) is 48.6. The number of rotatable bonds is 3. The number of benzene rings is 6. The molecule has 0 amide bonds. The van der Waals surface area contributed by atoms with Gasteiger partial charge in [-0.1, -0.05) is 176 Å². The molecular formula is C59H46N4. The van der Waals surface area contributed by atoms with Crippen LogP contribution in [0.4, 0.5) is 11.4 Å². The number of fused-ring (bicyclic) bond motifs is 14. The van der Waals surface area contributed by atoms with E-state index < -0.39 is 0 Å². The van der Waals surface area contributed by atoms with Crippen LogP contribution in [-0.2, 0) is 12.0 Å². The van der Waals surface area contributed by atoms with Crippen molar-refractivity contribution in [3.8, 4) is 11.3 Å². The van der Waals surface area contributed by atoms with Crippen LogP contribution in [0.5, 0.6) is 0 Å². The second-order valence-electron chi connectivity index (χ2n) is 18.1. The molecule has 0 saturated heterocycles. The standard InChI is InChI=1S/C32H24N2.C27H22N2/c1-3-12-24-21(9-1)16-17-25-27-19-22-10-2-5-14-28(22)33-29-15-6-4-13-26(29)31(27)34(30(24)25)32-18-8-7-11-23(32)20-32;1-3-7-23-18(5-1)6-2-4-8-24(23)19-9-11-20(12-10-19)27-22-14-13-21-15-25(21)26(16-22)28-17-29-27/h1-18,23,33H,19-20H2;1,3-14,17,21,25H,2,15-16H2. The second kappa shape index (κ2) is 14.4. The number of hydrogen-bond acceptors (Lipinski definition) is 3. The maximum absolute atomic E-state index is 4.71. The van der Waals surface area contributed by atoms with Crippen LogP contribution in [0.3, 0.4) is 0 Å². The monoisotopic (exact) mass is 810 g/mol. The molecule has 1 aromatic heterocycles. The molecule has 7 aliphatic rings. The quantitative estimate of drug-likeness (QED) is 0.190. The van der Waals surface area contributed by atoms with E-state index in [0.29, 0.717) is 17.8 Å². The van der Waals surface area contributed by atoms with E-state index >= 15 is 0 Å². The lowest BCUT2D eigenvalue weighted by molar-refractivity contribution is 0.589. The highest BCUT2D eigenvalue weighted by Gasteiger charge is 2.55. The Hall–Kier alpha value is -7.30. The minimum atomic E-state index is 0.0105. The lowest BCUT2D eigenvalue weighted by atomic mass is 9.94. The first-order valence-corrected chi connectivity index (χ1v) is 22.6. The van der Waals surface area contributed by atoms with Gasteiger partial charge in [-0.3, -0.25) is 0 Å². The van der Waals surface area contributed by atoms with Gasteiger partial charge in [0.05, 0.1) is 22.4 Å². The van der Waals surface area contributed by atoms with Gasteiger partial charge in [0.25, 0.3) is 0 Å². The van der Waals surface area contributed by atoms with E-state index in [1.165, 1.54) is 94.7 Å². The molecule has 4 unspecified atom stereocenters. The predicted octanol–water partition coefficient (Wildman–Crippen LogP) is 12.4. The van der Waals surface area contributed by atoms with Gasteiger partial charge in [-0.05, 0) is 81.0 Å². The highest BCUT2D eigenvalue weighted by Crippen LogP contribution is 2.59. The predicted molar refractivity (Wildman–Crippen MR) is 263 cm³/mol. The molecule has 0 radical (unpaired) electrons. The molecule has 14 rings (SSSR count). The first-order valence-electron chi connectivity index (χ1n) is 22.6. The second-order valence-corrected chi connectivity index (χ2v) is 18.1. The molecule has 4 heteroatoms. The average molecular weight is 811 g/mol. The summed E-state index contributed by atoms with van der Waals surface area (Å²) in [6.07, 6.45) is 27.7. The minimum absolute atomic E-state index is 0.0105. The van der Waals surface area contributed by atoms with Crippen LogP contribution in [0.1, 0.15) is 47.9 Å². The molecule has 2 aliphatic heterocycles. The molecule has 4 atom stereocenters. The van der Waals surface area contributed by atoms with Crippen LogP contribution in [0, 0.1) is 17.8 Å². The smallest absolute Gasteiger partial charge is 0.115 e. The third kappa shape index (κ3) is 6.03. The highest BCUT2D eigenvalue weighted by molar-refractivity contribution is 6.11. The zero-order valence-electron chi connectivity index (χ0n) is 35.1. The number of aliphatic imine (C=N–C) groups is 2. The van der Waals surface area contributed by atoms with Crippen molar-refractivity contribution in [3.63, 3.8) is 0 Å². The number of nitrogens with zero attached hydrogens (tertiary/aromatic N) is 3. The molecule has 302 valence electrons. The van der Waals surface area contributed by atoms with E-state index in [4.69, 9.17) is 4.99 Å². The third-order valence-corrected chi connectivity index (χ3v) is 14.5. The number of anilines is 2. The molecule has 2 bridgehead atoms. The Labute approximate surface area is 367 Å². The maximum atomic E-state index is 4.71. The lowest BCUT2D eigenvalue weighted by Gasteiger charge is -2.26. The Morgan fingerprint density at radius 3 is 2.46 bits per heavy atom. The fraction of sp³-hybridized carbons (Fsp3) is 0.153. The summed E-state index contributed by atoms with van der Waals surface area (Å²) >= 11 is 0. The van der Waals surface area contributed by atoms with E-state index in [1.807, 2.05) is 0 Å². The molecule has 2 saturated carbocycles. The summed E-state index contributed by atoms with van der Waals surface area (Å²) in [6.45, 7) is 0. The van der Waals surface area contributed by atoms with Crippen molar-refractivity contribution in [2.24, 2.45) is 27.7 Å². The molecule has 5 aliphatic carbocycles. The summed E-state index contributed by atoms with van der Waals surface area (Å²) in [5.74, 6) is 1.89. The first-order chi connectivity index (χ1) is 31.2. The third-order valence-electron chi connectivity index (χ3n) is 14.5. The molecule has 1 N–H and O–H groups in total. The van der Waals surface area contributed by atoms with Gasteiger partial charge in [0.2, 0.25) is 0 Å². The summed E-state index contributed by atoms with van der Waals surface area (Å²) in [4.78, 5) is 9.37. The van der Waals surface area contributed by atoms with Crippen LogP contribution >= 0.6 is 0 Å². The summed E-state index contributed by atoms with van der Waals surface area (Å²) in [7, 11) is 0. The van der Waals surface area contributed by atoms with E-state index in [0.717, 1.165) is 36.9 Å². The average Bonchev–Trinajstić information content (AvgIpc) is 4.25. The fourth-order valence-corrected chi connectivity index (χ4v) is 11.1. The Morgan fingerprint density at radius 2 is 1.52 bits per heavy atom. The van der Waals surface area contributed by atoms with Crippen LogP contribution in [0.2, 0.25) is 0 Å². The van der Waals surface area contributed by atoms with Crippen molar-refractivity contribution in [1.29, 1.82) is 0 Å².